The van der Waals surface area contributed by atoms with Gasteiger partial charge in [-0.15, -0.1) is 0 Å². The number of hydrogen-bond donors (Lipinski definition) is 0. The van der Waals surface area contributed by atoms with E-state index in [0.29, 0.717) is 30.0 Å². The Hall–Kier alpha value is -3.12. The molecule has 0 bridgehead atoms. The average molecular weight is 449 g/mol. The van der Waals surface area contributed by atoms with E-state index >= 15 is 0 Å². The molecule has 1 aliphatic rings. The molecular formula is C27H29FN2O3. The normalized spacial score (nSPS) is 21.0. The number of esters is 1. The molecule has 0 saturated carbocycles. The third-order valence-electron chi connectivity index (χ3n) is 7.50. The first-order valence-corrected chi connectivity index (χ1v) is 11.1. The average Bonchev–Trinajstić information content (AvgIpc) is 2.97. The van der Waals surface area contributed by atoms with Crippen molar-refractivity contribution in [2.24, 2.45) is 5.41 Å². The predicted molar refractivity (Wildman–Crippen MR) is 124 cm³/mol. The van der Waals surface area contributed by atoms with Gasteiger partial charge in [0.2, 0.25) is 0 Å². The van der Waals surface area contributed by atoms with Gasteiger partial charge in [0, 0.05) is 11.0 Å². The van der Waals surface area contributed by atoms with Crippen LogP contribution in [0.15, 0.2) is 54.6 Å². The molecule has 2 aromatic carbocycles. The number of methoxy groups -OCH3 is 1. The minimum absolute atomic E-state index is 0.146. The third-order valence-corrected chi connectivity index (χ3v) is 7.50. The lowest BCUT2D eigenvalue weighted by Gasteiger charge is -2.40. The first-order valence-electron chi connectivity index (χ1n) is 11.1. The molecule has 0 spiro atoms. The van der Waals surface area contributed by atoms with Crippen LogP contribution in [0.4, 0.5) is 4.39 Å². The Morgan fingerprint density at radius 1 is 1.06 bits per heavy atom. The van der Waals surface area contributed by atoms with Crippen molar-refractivity contribution in [2.75, 3.05) is 13.7 Å². The monoisotopic (exact) mass is 448 g/mol. The standard InChI is InChI=1S/C27H29FN2O3/c1-17-21-14-23(20-8-6-7-9-22(20)28)29-30-24(21)27(4,26(17,2)3)16-33-15-18-10-12-19(13-11-18)25(31)32-5/h6-14,17H,15-16H2,1-5H3/t17-,27?/m1/s1. The Bertz CT molecular complexity index is 1180. The number of ether oxygens (including phenoxy) is 2. The maximum absolute atomic E-state index is 14.3. The molecule has 0 aliphatic heterocycles. The quantitative estimate of drug-likeness (QED) is 0.454. The summed E-state index contributed by atoms with van der Waals surface area (Å²) in [5, 5.41) is 8.98. The lowest BCUT2D eigenvalue weighted by atomic mass is 9.65. The smallest absolute Gasteiger partial charge is 0.337 e. The van der Waals surface area contributed by atoms with E-state index in [1.54, 1.807) is 30.3 Å². The van der Waals surface area contributed by atoms with Crippen LogP contribution in [0.3, 0.4) is 0 Å². The fourth-order valence-electron chi connectivity index (χ4n) is 4.62. The number of fused-ring (bicyclic) bond motifs is 1. The van der Waals surface area contributed by atoms with Gasteiger partial charge in [-0.1, -0.05) is 52.0 Å². The molecule has 3 aromatic rings. The third kappa shape index (κ3) is 3.93. The van der Waals surface area contributed by atoms with E-state index in [0.717, 1.165) is 16.8 Å². The van der Waals surface area contributed by atoms with Gasteiger partial charge in [0.05, 0.1) is 37.3 Å². The van der Waals surface area contributed by atoms with Gasteiger partial charge >= 0.3 is 5.97 Å². The van der Waals surface area contributed by atoms with Crippen LogP contribution < -0.4 is 0 Å². The maximum atomic E-state index is 14.3. The van der Waals surface area contributed by atoms with Crippen LogP contribution in [0.1, 0.15) is 60.8 Å². The van der Waals surface area contributed by atoms with Crippen LogP contribution >= 0.6 is 0 Å². The molecule has 0 N–H and O–H groups in total. The van der Waals surface area contributed by atoms with Gasteiger partial charge in [0.25, 0.3) is 0 Å². The fraction of sp³-hybridized carbons (Fsp3) is 0.370. The number of aromatic nitrogens is 2. The van der Waals surface area contributed by atoms with Gasteiger partial charge in [-0.25, -0.2) is 9.18 Å². The van der Waals surface area contributed by atoms with E-state index in [1.807, 2.05) is 18.2 Å². The van der Waals surface area contributed by atoms with Gasteiger partial charge in [-0.3, -0.25) is 0 Å². The summed E-state index contributed by atoms with van der Waals surface area (Å²) in [6, 6.07) is 15.8. The molecule has 4 rings (SSSR count). The summed E-state index contributed by atoms with van der Waals surface area (Å²) in [6.07, 6.45) is 0. The molecule has 172 valence electrons. The highest BCUT2D eigenvalue weighted by Gasteiger charge is 2.55. The highest BCUT2D eigenvalue weighted by molar-refractivity contribution is 5.89. The Labute approximate surface area is 194 Å². The second-order valence-corrected chi connectivity index (χ2v) is 9.47. The molecular weight excluding hydrogens is 419 g/mol. The van der Waals surface area contributed by atoms with Crippen molar-refractivity contribution in [3.05, 3.63) is 82.8 Å². The van der Waals surface area contributed by atoms with E-state index in [4.69, 9.17) is 9.47 Å². The number of carbonyl (C=O) groups is 1. The lowest BCUT2D eigenvalue weighted by molar-refractivity contribution is 0.0223. The predicted octanol–water partition coefficient (Wildman–Crippen LogP) is 5.69. The van der Waals surface area contributed by atoms with E-state index in [2.05, 4.69) is 37.9 Å². The molecule has 0 saturated heterocycles. The summed E-state index contributed by atoms with van der Waals surface area (Å²) in [7, 11) is 1.37. The zero-order valence-corrected chi connectivity index (χ0v) is 19.7. The molecule has 1 aliphatic carbocycles. The van der Waals surface area contributed by atoms with Gasteiger partial charge in [-0.2, -0.15) is 10.2 Å². The Morgan fingerprint density at radius 2 is 1.76 bits per heavy atom. The van der Waals surface area contributed by atoms with Crippen molar-refractivity contribution in [1.82, 2.24) is 10.2 Å². The van der Waals surface area contributed by atoms with Gasteiger partial charge in [0.1, 0.15) is 5.82 Å². The highest BCUT2D eigenvalue weighted by Crippen LogP contribution is 2.58. The van der Waals surface area contributed by atoms with E-state index in [9.17, 15) is 9.18 Å². The first kappa shape index (κ1) is 23.1. The molecule has 2 atom stereocenters. The van der Waals surface area contributed by atoms with Gasteiger partial charge in [-0.05, 0) is 52.8 Å². The number of nitrogens with zero attached hydrogens (tertiary/aromatic N) is 2. The zero-order chi connectivity index (χ0) is 23.8. The molecule has 1 heterocycles. The van der Waals surface area contributed by atoms with Crippen molar-refractivity contribution >= 4 is 5.97 Å². The molecule has 0 radical (unpaired) electrons. The Morgan fingerprint density at radius 3 is 2.42 bits per heavy atom. The van der Waals surface area contributed by atoms with Crippen LogP contribution in [0, 0.1) is 11.2 Å². The molecule has 5 nitrogen and oxygen atoms in total. The molecule has 1 aromatic heterocycles. The minimum Gasteiger partial charge on any atom is -0.465 e. The molecule has 6 heteroatoms. The number of rotatable bonds is 6. The van der Waals surface area contributed by atoms with Crippen LogP contribution in [0.5, 0.6) is 0 Å². The Balaban J connectivity index is 1.56. The summed E-state index contributed by atoms with van der Waals surface area (Å²) in [5.41, 5.74) is 3.96. The van der Waals surface area contributed by atoms with Gasteiger partial charge < -0.3 is 9.47 Å². The summed E-state index contributed by atoms with van der Waals surface area (Å²) in [5.74, 6) is -0.468. The number of hydrogen-bond acceptors (Lipinski definition) is 5. The van der Waals surface area contributed by atoms with Gasteiger partial charge in [0.15, 0.2) is 0 Å². The molecule has 33 heavy (non-hydrogen) atoms. The van der Waals surface area contributed by atoms with Crippen molar-refractivity contribution < 1.29 is 18.7 Å². The molecule has 0 amide bonds. The van der Waals surface area contributed by atoms with Crippen molar-refractivity contribution in [3.8, 4) is 11.3 Å². The fourth-order valence-corrected chi connectivity index (χ4v) is 4.62. The summed E-state index contributed by atoms with van der Waals surface area (Å²) >= 11 is 0. The topological polar surface area (TPSA) is 61.3 Å². The number of benzene rings is 2. The summed E-state index contributed by atoms with van der Waals surface area (Å²) in [6.45, 7) is 9.66. The van der Waals surface area contributed by atoms with Crippen LogP contribution in [0.25, 0.3) is 11.3 Å². The Kier molecular flexibility index (Phi) is 6.06. The second kappa shape index (κ2) is 8.67. The number of halogens is 1. The highest BCUT2D eigenvalue weighted by atomic mass is 19.1. The SMILES string of the molecule is COC(=O)c1ccc(COCC2(C)c3nnc(-c4ccccc4F)cc3[C@@H](C)C2(C)C)cc1. The maximum Gasteiger partial charge on any atom is 0.337 e. The molecule has 0 fully saturated rings. The van der Waals surface area contributed by atoms with Crippen LogP contribution in [-0.4, -0.2) is 29.9 Å². The van der Waals surface area contributed by atoms with Crippen molar-refractivity contribution in [2.45, 2.75) is 45.6 Å². The van der Waals surface area contributed by atoms with Crippen LogP contribution in [-0.2, 0) is 21.5 Å². The zero-order valence-electron chi connectivity index (χ0n) is 19.7. The van der Waals surface area contributed by atoms with Crippen molar-refractivity contribution in [1.29, 1.82) is 0 Å². The van der Waals surface area contributed by atoms with E-state index < -0.39 is 0 Å². The minimum atomic E-state index is -0.367. The largest absolute Gasteiger partial charge is 0.465 e. The summed E-state index contributed by atoms with van der Waals surface area (Å²) in [4.78, 5) is 11.6. The lowest BCUT2D eigenvalue weighted by Crippen LogP contribution is -2.41. The van der Waals surface area contributed by atoms with Crippen LogP contribution in [0.2, 0.25) is 0 Å². The molecule has 1 unspecified atom stereocenters. The van der Waals surface area contributed by atoms with Crippen molar-refractivity contribution in [3.63, 3.8) is 0 Å². The van der Waals surface area contributed by atoms with E-state index in [1.165, 1.54) is 13.2 Å². The second-order valence-electron chi connectivity index (χ2n) is 9.47. The summed E-state index contributed by atoms with van der Waals surface area (Å²) < 4.78 is 25.2. The number of carbonyl (C=O) groups excluding carboxylic acids is 1. The van der Waals surface area contributed by atoms with E-state index in [-0.39, 0.29) is 28.5 Å². The first-order chi connectivity index (χ1) is 15.7.